The number of hydrogen-bond acceptors (Lipinski definition) is 2. The Morgan fingerprint density at radius 2 is 1.87 bits per heavy atom. The minimum Gasteiger partial charge on any atom is -0.459 e. The van der Waals surface area contributed by atoms with Crippen molar-refractivity contribution in [3.63, 3.8) is 0 Å². The zero-order chi connectivity index (χ0) is 16.4. The van der Waals surface area contributed by atoms with E-state index in [-0.39, 0.29) is 17.9 Å². The van der Waals surface area contributed by atoms with E-state index in [9.17, 15) is 9.18 Å². The van der Waals surface area contributed by atoms with E-state index in [1.807, 2.05) is 38.2 Å². The van der Waals surface area contributed by atoms with Gasteiger partial charge in [-0.15, -0.1) is 0 Å². The third-order valence-corrected chi connectivity index (χ3v) is 3.62. The molecular formula is C19H18FNO2. The summed E-state index contributed by atoms with van der Waals surface area (Å²) in [5.74, 6) is -0.545. The van der Waals surface area contributed by atoms with Crippen molar-refractivity contribution >= 4 is 16.9 Å². The van der Waals surface area contributed by atoms with E-state index in [0.29, 0.717) is 12.1 Å². The molecule has 0 spiro atoms. The highest BCUT2D eigenvalue weighted by atomic mass is 19.1. The molecule has 2 aromatic carbocycles. The minimum atomic E-state index is -0.312. The molecule has 1 heterocycles. The molecule has 0 N–H and O–H groups in total. The highest BCUT2D eigenvalue weighted by Gasteiger charge is 2.09. The van der Waals surface area contributed by atoms with Crippen molar-refractivity contribution in [1.82, 2.24) is 4.57 Å². The predicted molar refractivity (Wildman–Crippen MR) is 88.0 cm³/mol. The lowest BCUT2D eigenvalue weighted by molar-refractivity contribution is 0.0378. The first-order valence-corrected chi connectivity index (χ1v) is 7.57. The van der Waals surface area contributed by atoms with Crippen molar-refractivity contribution in [1.29, 1.82) is 0 Å². The Bertz CT molecular complexity index is 834. The van der Waals surface area contributed by atoms with Crippen molar-refractivity contribution in [2.45, 2.75) is 26.5 Å². The number of carbonyl (C=O) groups excluding carboxylic acids is 1. The zero-order valence-electron chi connectivity index (χ0n) is 13.1. The van der Waals surface area contributed by atoms with Gasteiger partial charge in [-0.05, 0) is 55.8 Å². The molecule has 0 aliphatic heterocycles. The number of aromatic nitrogens is 1. The molecule has 0 amide bonds. The Morgan fingerprint density at radius 1 is 1.13 bits per heavy atom. The van der Waals surface area contributed by atoms with Crippen LogP contribution in [0, 0.1) is 5.82 Å². The fourth-order valence-corrected chi connectivity index (χ4v) is 2.53. The van der Waals surface area contributed by atoms with Gasteiger partial charge in [-0.3, -0.25) is 0 Å². The topological polar surface area (TPSA) is 31.2 Å². The molecular weight excluding hydrogens is 293 g/mol. The van der Waals surface area contributed by atoms with Crippen LogP contribution in [0.3, 0.4) is 0 Å². The quantitative estimate of drug-likeness (QED) is 0.669. The van der Waals surface area contributed by atoms with Crippen molar-refractivity contribution in [3.8, 4) is 0 Å². The molecule has 0 unspecified atom stereocenters. The van der Waals surface area contributed by atoms with E-state index in [1.54, 1.807) is 18.2 Å². The summed E-state index contributed by atoms with van der Waals surface area (Å²) in [6.07, 6.45) is 1.80. The highest BCUT2D eigenvalue weighted by molar-refractivity contribution is 5.89. The van der Waals surface area contributed by atoms with E-state index < -0.39 is 0 Å². The van der Waals surface area contributed by atoms with Crippen LogP contribution in [0.15, 0.2) is 54.7 Å². The van der Waals surface area contributed by atoms with Crippen LogP contribution in [-0.2, 0) is 11.3 Å². The second-order valence-corrected chi connectivity index (χ2v) is 5.80. The second-order valence-electron chi connectivity index (χ2n) is 5.80. The summed E-state index contributed by atoms with van der Waals surface area (Å²) in [6, 6.07) is 14.0. The van der Waals surface area contributed by atoms with Crippen LogP contribution in [-0.4, -0.2) is 16.6 Å². The highest BCUT2D eigenvalue weighted by Crippen LogP contribution is 2.19. The van der Waals surface area contributed by atoms with Gasteiger partial charge in [-0.25, -0.2) is 9.18 Å². The molecule has 3 nitrogen and oxygen atoms in total. The number of halogens is 1. The third kappa shape index (κ3) is 3.42. The monoisotopic (exact) mass is 311 g/mol. The molecule has 1 aromatic heterocycles. The largest absolute Gasteiger partial charge is 0.459 e. The standard InChI is InChI=1S/C19H18FNO2/c1-13(2)23-19(22)15-5-3-14(4-6-15)12-21-10-9-16-11-17(20)7-8-18(16)21/h3-11,13H,12H2,1-2H3. The normalized spacial score (nSPS) is 11.1. The summed E-state index contributed by atoms with van der Waals surface area (Å²) < 4.78 is 20.5. The number of hydrogen-bond donors (Lipinski definition) is 0. The molecule has 0 radical (unpaired) electrons. The summed E-state index contributed by atoms with van der Waals surface area (Å²) in [5.41, 5.74) is 2.59. The summed E-state index contributed by atoms with van der Waals surface area (Å²) in [6.45, 7) is 4.31. The first-order chi connectivity index (χ1) is 11.0. The van der Waals surface area contributed by atoms with Crippen LogP contribution in [0.25, 0.3) is 10.9 Å². The lowest BCUT2D eigenvalue weighted by Crippen LogP contribution is -2.11. The lowest BCUT2D eigenvalue weighted by atomic mass is 10.1. The number of esters is 1. The van der Waals surface area contributed by atoms with E-state index in [0.717, 1.165) is 16.5 Å². The predicted octanol–water partition coefficient (Wildman–Crippen LogP) is 4.39. The molecule has 0 aliphatic rings. The summed E-state index contributed by atoms with van der Waals surface area (Å²) in [7, 11) is 0. The van der Waals surface area contributed by atoms with Gasteiger partial charge in [0.1, 0.15) is 5.82 Å². The van der Waals surface area contributed by atoms with Gasteiger partial charge in [0.15, 0.2) is 0 Å². The van der Waals surface area contributed by atoms with Gasteiger partial charge < -0.3 is 9.30 Å². The van der Waals surface area contributed by atoms with Gasteiger partial charge in [0.05, 0.1) is 11.7 Å². The molecule has 23 heavy (non-hydrogen) atoms. The Morgan fingerprint density at radius 3 is 2.57 bits per heavy atom. The maximum atomic E-state index is 13.2. The van der Waals surface area contributed by atoms with Crippen LogP contribution >= 0.6 is 0 Å². The molecule has 3 rings (SSSR count). The molecule has 4 heteroatoms. The Balaban J connectivity index is 1.78. The molecule has 0 bridgehead atoms. The zero-order valence-corrected chi connectivity index (χ0v) is 13.1. The lowest BCUT2D eigenvalue weighted by Gasteiger charge is -2.09. The number of ether oxygens (including phenoxy) is 1. The van der Waals surface area contributed by atoms with Crippen LogP contribution in [0.2, 0.25) is 0 Å². The van der Waals surface area contributed by atoms with Crippen LogP contribution < -0.4 is 0 Å². The van der Waals surface area contributed by atoms with Crippen LogP contribution in [0.4, 0.5) is 4.39 Å². The number of rotatable bonds is 4. The number of benzene rings is 2. The van der Waals surface area contributed by atoms with Gasteiger partial charge in [-0.1, -0.05) is 12.1 Å². The van der Waals surface area contributed by atoms with Crippen molar-refractivity contribution in [2.75, 3.05) is 0 Å². The fourth-order valence-electron chi connectivity index (χ4n) is 2.53. The molecule has 0 fully saturated rings. The maximum absolute atomic E-state index is 13.2. The van der Waals surface area contributed by atoms with E-state index in [2.05, 4.69) is 4.57 Å². The van der Waals surface area contributed by atoms with Crippen LogP contribution in [0.1, 0.15) is 29.8 Å². The molecule has 0 saturated heterocycles. The SMILES string of the molecule is CC(C)OC(=O)c1ccc(Cn2ccc3cc(F)ccc32)cc1. The average Bonchev–Trinajstić information content (AvgIpc) is 2.89. The maximum Gasteiger partial charge on any atom is 0.338 e. The van der Waals surface area contributed by atoms with Crippen molar-refractivity contribution in [3.05, 3.63) is 71.7 Å². The van der Waals surface area contributed by atoms with Gasteiger partial charge in [0.2, 0.25) is 0 Å². The number of carbonyl (C=O) groups is 1. The summed E-state index contributed by atoms with van der Waals surface area (Å²) in [5, 5.41) is 0.877. The molecule has 3 aromatic rings. The molecule has 118 valence electrons. The van der Waals surface area contributed by atoms with Gasteiger partial charge in [0.25, 0.3) is 0 Å². The minimum absolute atomic E-state index is 0.131. The summed E-state index contributed by atoms with van der Waals surface area (Å²) in [4.78, 5) is 11.8. The summed E-state index contributed by atoms with van der Waals surface area (Å²) >= 11 is 0. The Hall–Kier alpha value is -2.62. The van der Waals surface area contributed by atoms with Gasteiger partial charge in [0, 0.05) is 23.6 Å². The molecule has 0 atom stereocenters. The first-order valence-electron chi connectivity index (χ1n) is 7.57. The first kappa shape index (κ1) is 15.3. The molecule has 0 saturated carbocycles. The second kappa shape index (κ2) is 6.24. The van der Waals surface area contributed by atoms with E-state index in [1.165, 1.54) is 12.1 Å². The third-order valence-electron chi connectivity index (χ3n) is 3.62. The van der Waals surface area contributed by atoms with Crippen LogP contribution in [0.5, 0.6) is 0 Å². The van der Waals surface area contributed by atoms with Crippen molar-refractivity contribution < 1.29 is 13.9 Å². The smallest absolute Gasteiger partial charge is 0.338 e. The van der Waals surface area contributed by atoms with Crippen molar-refractivity contribution in [2.24, 2.45) is 0 Å². The van der Waals surface area contributed by atoms with E-state index >= 15 is 0 Å². The van der Waals surface area contributed by atoms with Gasteiger partial charge in [-0.2, -0.15) is 0 Å². The fraction of sp³-hybridized carbons (Fsp3) is 0.211. The molecule has 0 aliphatic carbocycles. The van der Waals surface area contributed by atoms with E-state index in [4.69, 9.17) is 4.74 Å². The number of fused-ring (bicyclic) bond motifs is 1. The Kier molecular flexibility index (Phi) is 4.15. The number of nitrogens with zero attached hydrogens (tertiary/aromatic N) is 1. The Labute approximate surface area is 134 Å². The van der Waals surface area contributed by atoms with Gasteiger partial charge >= 0.3 is 5.97 Å². The average molecular weight is 311 g/mol.